The first-order valence-electron chi connectivity index (χ1n) is 8.64. The SMILES string of the molecule is Cc1cc(OC(C)C(=O)NN=Cc2ccc(C(C)C)cc2)cc(C)c1Cl. The number of carbonyl (C=O) groups excluding carboxylic acids is 1. The fraction of sp³-hybridized carbons (Fsp3) is 0.333. The smallest absolute Gasteiger partial charge is 0.280 e. The number of aryl methyl sites for hydroxylation is 2. The first-order valence-corrected chi connectivity index (χ1v) is 9.02. The molecule has 5 heteroatoms. The van der Waals surface area contributed by atoms with E-state index in [2.05, 4.69) is 36.5 Å². The summed E-state index contributed by atoms with van der Waals surface area (Å²) in [6, 6.07) is 11.7. The maximum Gasteiger partial charge on any atom is 0.280 e. The Morgan fingerprint density at radius 1 is 1.12 bits per heavy atom. The Morgan fingerprint density at radius 2 is 1.69 bits per heavy atom. The fourth-order valence-electron chi connectivity index (χ4n) is 2.46. The minimum Gasteiger partial charge on any atom is -0.481 e. The predicted molar refractivity (Wildman–Crippen MR) is 107 cm³/mol. The monoisotopic (exact) mass is 372 g/mol. The number of nitrogens with one attached hydrogen (secondary N) is 1. The van der Waals surface area contributed by atoms with Crippen LogP contribution in [0.2, 0.25) is 5.02 Å². The number of rotatable bonds is 6. The van der Waals surface area contributed by atoms with Gasteiger partial charge in [0, 0.05) is 5.02 Å². The number of hydrogen-bond acceptors (Lipinski definition) is 3. The van der Waals surface area contributed by atoms with E-state index in [4.69, 9.17) is 16.3 Å². The van der Waals surface area contributed by atoms with Crippen molar-refractivity contribution in [3.63, 3.8) is 0 Å². The van der Waals surface area contributed by atoms with Gasteiger partial charge in [-0.25, -0.2) is 5.43 Å². The van der Waals surface area contributed by atoms with Gasteiger partial charge in [-0.2, -0.15) is 5.10 Å². The summed E-state index contributed by atoms with van der Waals surface area (Å²) < 4.78 is 5.69. The molecule has 1 amide bonds. The lowest BCUT2D eigenvalue weighted by atomic mass is 10.0. The summed E-state index contributed by atoms with van der Waals surface area (Å²) in [5.74, 6) is 0.782. The van der Waals surface area contributed by atoms with E-state index in [0.717, 1.165) is 16.7 Å². The van der Waals surface area contributed by atoms with Crippen molar-refractivity contribution in [3.05, 3.63) is 63.7 Å². The second-order valence-corrected chi connectivity index (χ2v) is 7.06. The zero-order chi connectivity index (χ0) is 19.3. The number of halogens is 1. The van der Waals surface area contributed by atoms with Crippen LogP contribution in [-0.2, 0) is 4.79 Å². The number of carbonyl (C=O) groups is 1. The molecule has 26 heavy (non-hydrogen) atoms. The molecule has 138 valence electrons. The maximum atomic E-state index is 12.1. The van der Waals surface area contributed by atoms with Crippen LogP contribution >= 0.6 is 11.6 Å². The average Bonchev–Trinajstić information content (AvgIpc) is 2.59. The van der Waals surface area contributed by atoms with Crippen molar-refractivity contribution in [1.29, 1.82) is 0 Å². The third-order valence-corrected chi connectivity index (χ3v) is 4.68. The Bertz CT molecular complexity index is 775. The van der Waals surface area contributed by atoms with Gasteiger partial charge in [-0.15, -0.1) is 0 Å². The highest BCUT2D eigenvalue weighted by atomic mass is 35.5. The van der Waals surface area contributed by atoms with E-state index >= 15 is 0 Å². The highest BCUT2D eigenvalue weighted by molar-refractivity contribution is 6.32. The molecule has 1 unspecified atom stereocenters. The van der Waals surface area contributed by atoms with E-state index in [1.165, 1.54) is 5.56 Å². The van der Waals surface area contributed by atoms with Crippen molar-refractivity contribution in [2.75, 3.05) is 0 Å². The van der Waals surface area contributed by atoms with Gasteiger partial charge in [0.1, 0.15) is 5.75 Å². The standard InChI is InChI=1S/C21H25ClN2O2/c1-13(2)18-8-6-17(7-9-18)12-23-24-21(25)16(5)26-19-10-14(3)20(22)15(4)11-19/h6-13,16H,1-5H3,(H,24,25). The molecule has 1 atom stereocenters. The van der Waals surface area contributed by atoms with Crippen LogP contribution in [0.5, 0.6) is 5.75 Å². The summed E-state index contributed by atoms with van der Waals surface area (Å²) in [6.07, 6.45) is 0.945. The van der Waals surface area contributed by atoms with Gasteiger partial charge in [0.2, 0.25) is 0 Å². The zero-order valence-electron chi connectivity index (χ0n) is 15.8. The van der Waals surface area contributed by atoms with Crippen LogP contribution in [0.3, 0.4) is 0 Å². The van der Waals surface area contributed by atoms with Gasteiger partial charge in [0.05, 0.1) is 6.21 Å². The molecular formula is C21H25ClN2O2. The van der Waals surface area contributed by atoms with Gasteiger partial charge in [0.25, 0.3) is 5.91 Å². The molecule has 0 aliphatic heterocycles. The van der Waals surface area contributed by atoms with E-state index in [0.29, 0.717) is 16.7 Å². The molecule has 1 N–H and O–H groups in total. The second kappa shape index (κ2) is 8.86. The van der Waals surface area contributed by atoms with Gasteiger partial charge in [-0.3, -0.25) is 4.79 Å². The van der Waals surface area contributed by atoms with Gasteiger partial charge < -0.3 is 4.74 Å². The van der Waals surface area contributed by atoms with Crippen LogP contribution in [0.1, 0.15) is 48.9 Å². The normalized spacial score (nSPS) is 12.4. The van der Waals surface area contributed by atoms with E-state index in [1.54, 1.807) is 13.1 Å². The third-order valence-electron chi connectivity index (χ3n) is 4.08. The van der Waals surface area contributed by atoms with Gasteiger partial charge in [-0.05, 0) is 61.1 Å². The predicted octanol–water partition coefficient (Wildman–Crippen LogP) is 5.00. The van der Waals surface area contributed by atoms with E-state index < -0.39 is 6.10 Å². The third kappa shape index (κ3) is 5.33. The molecule has 0 aromatic heterocycles. The Labute approximate surface area is 160 Å². The zero-order valence-corrected chi connectivity index (χ0v) is 16.6. The van der Waals surface area contributed by atoms with Crippen molar-refractivity contribution in [3.8, 4) is 5.75 Å². The van der Waals surface area contributed by atoms with Crippen molar-refractivity contribution in [2.24, 2.45) is 5.10 Å². The summed E-state index contributed by atoms with van der Waals surface area (Å²) in [4.78, 5) is 12.1. The molecule has 2 aromatic rings. The lowest BCUT2D eigenvalue weighted by molar-refractivity contribution is -0.127. The number of amides is 1. The van der Waals surface area contributed by atoms with Crippen molar-refractivity contribution < 1.29 is 9.53 Å². The molecule has 0 aliphatic rings. The summed E-state index contributed by atoms with van der Waals surface area (Å²) in [5, 5.41) is 4.71. The van der Waals surface area contributed by atoms with Gasteiger partial charge in [-0.1, -0.05) is 49.7 Å². The average molecular weight is 373 g/mol. The molecule has 0 fully saturated rings. The molecule has 4 nitrogen and oxygen atoms in total. The minimum absolute atomic E-state index is 0.315. The fourth-order valence-corrected chi connectivity index (χ4v) is 2.57. The van der Waals surface area contributed by atoms with Gasteiger partial charge in [0.15, 0.2) is 6.10 Å². The first kappa shape index (κ1) is 20.0. The molecule has 0 bridgehead atoms. The number of hydrogen-bond donors (Lipinski definition) is 1. The van der Waals surface area contributed by atoms with E-state index in [1.807, 2.05) is 38.1 Å². The quantitative estimate of drug-likeness (QED) is 0.573. The molecule has 0 saturated carbocycles. The van der Waals surface area contributed by atoms with Crippen LogP contribution in [0.15, 0.2) is 41.5 Å². The molecule has 0 radical (unpaired) electrons. The number of nitrogens with zero attached hydrogens (tertiary/aromatic N) is 1. The van der Waals surface area contributed by atoms with Crippen molar-refractivity contribution in [2.45, 2.75) is 46.6 Å². The highest BCUT2D eigenvalue weighted by Gasteiger charge is 2.15. The molecule has 0 aliphatic carbocycles. The Hall–Kier alpha value is -2.33. The Morgan fingerprint density at radius 3 is 2.23 bits per heavy atom. The second-order valence-electron chi connectivity index (χ2n) is 6.69. The number of benzene rings is 2. The molecule has 0 saturated heterocycles. The van der Waals surface area contributed by atoms with Gasteiger partial charge >= 0.3 is 0 Å². The van der Waals surface area contributed by atoms with Crippen LogP contribution in [-0.4, -0.2) is 18.2 Å². The van der Waals surface area contributed by atoms with E-state index in [-0.39, 0.29) is 5.91 Å². The molecule has 2 rings (SSSR count). The van der Waals surface area contributed by atoms with Crippen LogP contribution in [0, 0.1) is 13.8 Å². The number of hydrazone groups is 1. The molecule has 2 aromatic carbocycles. The summed E-state index contributed by atoms with van der Waals surface area (Å²) in [6.45, 7) is 9.79. The van der Waals surface area contributed by atoms with Crippen LogP contribution in [0.25, 0.3) is 0 Å². The lowest BCUT2D eigenvalue weighted by Gasteiger charge is -2.15. The molecule has 0 heterocycles. The Balaban J connectivity index is 1.92. The van der Waals surface area contributed by atoms with Crippen molar-refractivity contribution in [1.82, 2.24) is 5.43 Å². The van der Waals surface area contributed by atoms with Crippen LogP contribution in [0.4, 0.5) is 0 Å². The lowest BCUT2D eigenvalue weighted by Crippen LogP contribution is -2.33. The highest BCUT2D eigenvalue weighted by Crippen LogP contribution is 2.26. The Kier molecular flexibility index (Phi) is 6.81. The minimum atomic E-state index is -0.671. The number of ether oxygens (including phenoxy) is 1. The van der Waals surface area contributed by atoms with E-state index in [9.17, 15) is 4.79 Å². The largest absolute Gasteiger partial charge is 0.481 e. The topological polar surface area (TPSA) is 50.7 Å². The summed E-state index contributed by atoms with van der Waals surface area (Å²) >= 11 is 6.15. The summed E-state index contributed by atoms with van der Waals surface area (Å²) in [7, 11) is 0. The summed E-state index contributed by atoms with van der Waals surface area (Å²) in [5.41, 5.74) is 6.53. The van der Waals surface area contributed by atoms with Crippen molar-refractivity contribution >= 4 is 23.7 Å². The van der Waals surface area contributed by atoms with Crippen LogP contribution < -0.4 is 10.2 Å². The maximum absolute atomic E-state index is 12.1. The first-order chi connectivity index (χ1) is 12.3. The molecule has 0 spiro atoms. The molecular weight excluding hydrogens is 348 g/mol.